The van der Waals surface area contributed by atoms with Crippen LogP contribution < -0.4 is 10.1 Å². The number of nitriles is 1. The zero-order chi connectivity index (χ0) is 17.6. The van der Waals surface area contributed by atoms with Gasteiger partial charge in [-0.05, 0) is 31.4 Å². The van der Waals surface area contributed by atoms with Crippen LogP contribution in [-0.4, -0.2) is 24.6 Å². The van der Waals surface area contributed by atoms with Gasteiger partial charge in [0, 0.05) is 20.1 Å². The van der Waals surface area contributed by atoms with Gasteiger partial charge in [0.1, 0.15) is 17.4 Å². The fourth-order valence-electron chi connectivity index (χ4n) is 2.26. The van der Waals surface area contributed by atoms with E-state index >= 15 is 0 Å². The van der Waals surface area contributed by atoms with E-state index in [1.165, 1.54) is 32.2 Å². The fraction of sp³-hybridized carbons (Fsp3) is 0.471. The van der Waals surface area contributed by atoms with Crippen molar-refractivity contribution in [2.45, 2.75) is 39.7 Å². The number of ether oxygens (including phenoxy) is 2. The molecular formula is C17H22N2O4. The van der Waals surface area contributed by atoms with Crippen LogP contribution >= 0.6 is 0 Å². The first-order valence-electron chi connectivity index (χ1n) is 7.31. The zero-order valence-electron chi connectivity index (χ0n) is 14.1. The highest BCUT2D eigenvalue weighted by Gasteiger charge is 2.34. The summed E-state index contributed by atoms with van der Waals surface area (Å²) in [5.74, 6) is -0.281. The first-order chi connectivity index (χ1) is 10.7. The Bertz CT molecular complexity index is 634. The molecule has 1 N–H and O–H groups in total. The summed E-state index contributed by atoms with van der Waals surface area (Å²) >= 11 is 0. The SMILES string of the molecule is CO[C@](C)(CC(C)C)C(=O)Nc1ccc(OC(C)=O)cc1C#N. The Kier molecular flexibility index (Phi) is 6.28. The molecule has 0 aromatic heterocycles. The second-order valence-electron chi connectivity index (χ2n) is 5.90. The maximum atomic E-state index is 12.5. The Morgan fingerprint density at radius 3 is 2.52 bits per heavy atom. The normalized spacial score (nSPS) is 13.1. The number of rotatable bonds is 6. The van der Waals surface area contributed by atoms with E-state index < -0.39 is 11.6 Å². The molecule has 6 heteroatoms. The molecule has 0 aliphatic heterocycles. The quantitative estimate of drug-likeness (QED) is 0.643. The average Bonchev–Trinajstić information content (AvgIpc) is 2.47. The number of benzene rings is 1. The largest absolute Gasteiger partial charge is 0.427 e. The van der Waals surface area contributed by atoms with E-state index in [1.54, 1.807) is 6.92 Å². The molecule has 1 atom stereocenters. The summed E-state index contributed by atoms with van der Waals surface area (Å²) in [6, 6.07) is 6.43. The van der Waals surface area contributed by atoms with E-state index in [4.69, 9.17) is 9.47 Å². The predicted octanol–water partition coefficient (Wildman–Crippen LogP) is 2.87. The van der Waals surface area contributed by atoms with Crippen LogP contribution in [0.2, 0.25) is 0 Å². The molecule has 23 heavy (non-hydrogen) atoms. The summed E-state index contributed by atoms with van der Waals surface area (Å²) in [4.78, 5) is 23.5. The number of nitrogens with zero attached hydrogens (tertiary/aromatic N) is 1. The van der Waals surface area contributed by atoms with Crippen LogP contribution in [0.25, 0.3) is 0 Å². The Hall–Kier alpha value is -2.39. The molecule has 1 aromatic carbocycles. The molecule has 0 spiro atoms. The van der Waals surface area contributed by atoms with Crippen molar-refractivity contribution in [2.24, 2.45) is 5.92 Å². The minimum Gasteiger partial charge on any atom is -0.427 e. The highest BCUT2D eigenvalue weighted by atomic mass is 16.5. The van der Waals surface area contributed by atoms with Gasteiger partial charge in [-0.25, -0.2) is 0 Å². The van der Waals surface area contributed by atoms with E-state index in [0.717, 1.165) is 0 Å². The van der Waals surface area contributed by atoms with Crippen molar-refractivity contribution >= 4 is 17.6 Å². The Balaban J connectivity index is 3.02. The van der Waals surface area contributed by atoms with Gasteiger partial charge in [0.15, 0.2) is 0 Å². The molecule has 0 aliphatic carbocycles. The Morgan fingerprint density at radius 2 is 2.04 bits per heavy atom. The highest BCUT2D eigenvalue weighted by Crippen LogP contribution is 2.26. The van der Waals surface area contributed by atoms with Gasteiger partial charge in [0.05, 0.1) is 11.3 Å². The molecule has 0 heterocycles. The van der Waals surface area contributed by atoms with E-state index in [-0.39, 0.29) is 23.1 Å². The lowest BCUT2D eigenvalue weighted by Gasteiger charge is -2.28. The van der Waals surface area contributed by atoms with E-state index in [9.17, 15) is 14.9 Å². The second-order valence-corrected chi connectivity index (χ2v) is 5.90. The molecule has 6 nitrogen and oxygen atoms in total. The van der Waals surface area contributed by atoms with Gasteiger partial charge in [-0.1, -0.05) is 13.8 Å². The minimum atomic E-state index is -0.991. The lowest BCUT2D eigenvalue weighted by Crippen LogP contribution is -2.43. The number of amides is 1. The number of hydrogen-bond donors (Lipinski definition) is 1. The first-order valence-corrected chi connectivity index (χ1v) is 7.31. The smallest absolute Gasteiger partial charge is 0.308 e. The van der Waals surface area contributed by atoms with Crippen molar-refractivity contribution in [3.05, 3.63) is 23.8 Å². The van der Waals surface area contributed by atoms with Crippen LogP contribution in [0.4, 0.5) is 5.69 Å². The molecule has 0 saturated heterocycles. The monoisotopic (exact) mass is 318 g/mol. The van der Waals surface area contributed by atoms with Gasteiger partial charge >= 0.3 is 5.97 Å². The van der Waals surface area contributed by atoms with Crippen LogP contribution in [0.1, 0.15) is 39.7 Å². The third-order valence-corrected chi connectivity index (χ3v) is 3.35. The van der Waals surface area contributed by atoms with Crippen molar-refractivity contribution in [1.82, 2.24) is 0 Å². The summed E-state index contributed by atoms with van der Waals surface area (Å²) in [5, 5.41) is 11.9. The lowest BCUT2D eigenvalue weighted by atomic mass is 9.93. The maximum Gasteiger partial charge on any atom is 0.308 e. The molecule has 0 unspecified atom stereocenters. The van der Waals surface area contributed by atoms with Crippen LogP contribution in [0.3, 0.4) is 0 Å². The summed E-state index contributed by atoms with van der Waals surface area (Å²) < 4.78 is 10.3. The predicted molar refractivity (Wildman–Crippen MR) is 86.0 cm³/mol. The van der Waals surface area contributed by atoms with E-state index in [1.807, 2.05) is 19.9 Å². The van der Waals surface area contributed by atoms with Crippen LogP contribution in [0, 0.1) is 17.2 Å². The van der Waals surface area contributed by atoms with E-state index in [2.05, 4.69) is 5.32 Å². The van der Waals surface area contributed by atoms with Gasteiger partial charge in [0.25, 0.3) is 5.91 Å². The number of carbonyl (C=O) groups excluding carboxylic acids is 2. The van der Waals surface area contributed by atoms with Gasteiger partial charge in [-0.2, -0.15) is 5.26 Å². The number of methoxy groups -OCH3 is 1. The summed E-state index contributed by atoms with van der Waals surface area (Å²) in [7, 11) is 1.48. The first kappa shape index (κ1) is 18.7. The number of nitrogens with one attached hydrogen (secondary N) is 1. The number of anilines is 1. The average molecular weight is 318 g/mol. The van der Waals surface area contributed by atoms with Crippen molar-refractivity contribution in [1.29, 1.82) is 5.26 Å². The number of hydrogen-bond acceptors (Lipinski definition) is 5. The van der Waals surface area contributed by atoms with Gasteiger partial charge in [-0.3, -0.25) is 9.59 Å². The van der Waals surface area contributed by atoms with Crippen LogP contribution in [0.5, 0.6) is 5.75 Å². The highest BCUT2D eigenvalue weighted by molar-refractivity contribution is 5.98. The zero-order valence-corrected chi connectivity index (χ0v) is 14.1. The minimum absolute atomic E-state index is 0.208. The van der Waals surface area contributed by atoms with E-state index in [0.29, 0.717) is 12.1 Å². The van der Waals surface area contributed by atoms with Crippen molar-refractivity contribution in [3.63, 3.8) is 0 Å². The second kappa shape index (κ2) is 7.75. The molecule has 0 radical (unpaired) electrons. The molecule has 0 saturated carbocycles. The lowest BCUT2D eigenvalue weighted by molar-refractivity contribution is -0.137. The Labute approximate surface area is 136 Å². The van der Waals surface area contributed by atoms with Gasteiger partial charge in [0.2, 0.25) is 0 Å². The van der Waals surface area contributed by atoms with Crippen LogP contribution in [-0.2, 0) is 14.3 Å². The maximum absolute atomic E-state index is 12.5. The molecule has 1 amide bonds. The van der Waals surface area contributed by atoms with Gasteiger partial charge in [-0.15, -0.1) is 0 Å². The number of esters is 1. The third kappa shape index (κ3) is 5.08. The standard InChI is InChI=1S/C17H22N2O4/c1-11(2)9-17(4,22-5)16(21)19-15-7-6-14(23-12(3)20)8-13(15)10-18/h6-8,11H,9H2,1-5H3,(H,19,21)/t17-/m1/s1. The number of carbonyl (C=O) groups is 2. The van der Waals surface area contributed by atoms with Crippen molar-refractivity contribution in [2.75, 3.05) is 12.4 Å². The van der Waals surface area contributed by atoms with Crippen molar-refractivity contribution in [3.8, 4) is 11.8 Å². The topological polar surface area (TPSA) is 88.4 Å². The molecule has 1 aromatic rings. The summed E-state index contributed by atoms with van der Waals surface area (Å²) in [6.07, 6.45) is 0.544. The Morgan fingerprint density at radius 1 is 1.39 bits per heavy atom. The summed E-state index contributed by atoms with van der Waals surface area (Å²) in [5.41, 5.74) is -0.435. The van der Waals surface area contributed by atoms with Gasteiger partial charge < -0.3 is 14.8 Å². The third-order valence-electron chi connectivity index (χ3n) is 3.35. The fourth-order valence-corrected chi connectivity index (χ4v) is 2.26. The van der Waals surface area contributed by atoms with Crippen LogP contribution in [0.15, 0.2) is 18.2 Å². The molecule has 0 aliphatic rings. The molecular weight excluding hydrogens is 296 g/mol. The molecule has 0 fully saturated rings. The molecule has 1 rings (SSSR count). The summed E-state index contributed by atoms with van der Waals surface area (Å²) in [6.45, 7) is 6.98. The molecule has 124 valence electrons. The van der Waals surface area contributed by atoms with Crippen molar-refractivity contribution < 1.29 is 19.1 Å². The molecule has 0 bridgehead atoms.